The van der Waals surface area contributed by atoms with Gasteiger partial charge in [0.05, 0.1) is 0 Å². The van der Waals surface area contributed by atoms with Crippen LogP contribution in [0.3, 0.4) is 0 Å². The zero-order valence-electron chi connectivity index (χ0n) is 12.9. The second-order valence-corrected chi connectivity index (χ2v) is 7.31. The molecule has 18 heavy (non-hydrogen) atoms. The smallest absolute Gasteiger partial charge is 0.00179 e. The van der Waals surface area contributed by atoms with Crippen LogP contribution in [0.15, 0.2) is 0 Å². The van der Waals surface area contributed by atoms with E-state index >= 15 is 0 Å². The van der Waals surface area contributed by atoms with Gasteiger partial charge in [0.25, 0.3) is 0 Å². The van der Waals surface area contributed by atoms with Crippen molar-refractivity contribution in [3.05, 3.63) is 0 Å². The average molecular weight is 272 g/mol. The van der Waals surface area contributed by atoms with Crippen molar-refractivity contribution in [2.24, 2.45) is 23.7 Å². The van der Waals surface area contributed by atoms with Gasteiger partial charge in [0, 0.05) is 0 Å². The predicted molar refractivity (Wildman–Crippen MR) is 85.3 cm³/mol. The van der Waals surface area contributed by atoms with Crippen LogP contribution in [0.5, 0.6) is 0 Å². The maximum Gasteiger partial charge on any atom is -0.00179 e. The Bertz CT molecular complexity index is 205. The Morgan fingerprint density at radius 2 is 2.00 bits per heavy atom. The molecule has 108 valence electrons. The lowest BCUT2D eigenvalue weighted by atomic mass is 9.69. The molecular formula is C16H33NS. The highest BCUT2D eigenvalue weighted by Crippen LogP contribution is 2.39. The van der Waals surface area contributed by atoms with Crippen LogP contribution in [0.2, 0.25) is 0 Å². The summed E-state index contributed by atoms with van der Waals surface area (Å²) in [5, 5.41) is 3.65. The molecule has 0 aliphatic heterocycles. The van der Waals surface area contributed by atoms with Gasteiger partial charge in [-0.1, -0.05) is 20.8 Å². The van der Waals surface area contributed by atoms with Crippen molar-refractivity contribution in [1.82, 2.24) is 5.32 Å². The monoisotopic (exact) mass is 271 g/mol. The minimum atomic E-state index is 0.881. The molecule has 0 spiro atoms. The van der Waals surface area contributed by atoms with Crippen molar-refractivity contribution in [2.75, 3.05) is 25.1 Å². The van der Waals surface area contributed by atoms with Gasteiger partial charge in [-0.05, 0) is 80.9 Å². The summed E-state index contributed by atoms with van der Waals surface area (Å²) in [6.45, 7) is 9.53. The van der Waals surface area contributed by atoms with Crippen LogP contribution in [0.1, 0.15) is 52.9 Å². The summed E-state index contributed by atoms with van der Waals surface area (Å²) in [5.74, 6) is 5.13. The number of hydrogen-bond donors (Lipinski definition) is 1. The maximum absolute atomic E-state index is 3.65. The van der Waals surface area contributed by atoms with E-state index in [2.05, 4.69) is 32.3 Å². The highest BCUT2D eigenvalue weighted by molar-refractivity contribution is 7.98. The Balaban J connectivity index is 2.43. The molecule has 2 heteroatoms. The highest BCUT2D eigenvalue weighted by atomic mass is 32.2. The molecule has 0 saturated heterocycles. The summed E-state index contributed by atoms with van der Waals surface area (Å²) in [4.78, 5) is 0. The third kappa shape index (κ3) is 5.52. The van der Waals surface area contributed by atoms with Crippen molar-refractivity contribution in [2.45, 2.75) is 52.9 Å². The second kappa shape index (κ2) is 9.25. The first kappa shape index (κ1) is 16.4. The number of rotatable bonds is 8. The molecule has 1 fully saturated rings. The minimum Gasteiger partial charge on any atom is -0.316 e. The molecule has 3 atom stereocenters. The van der Waals surface area contributed by atoms with E-state index in [0.29, 0.717) is 0 Å². The van der Waals surface area contributed by atoms with E-state index in [0.717, 1.165) is 23.7 Å². The van der Waals surface area contributed by atoms with Gasteiger partial charge in [-0.3, -0.25) is 0 Å². The fourth-order valence-electron chi connectivity index (χ4n) is 3.32. The summed E-state index contributed by atoms with van der Waals surface area (Å²) in [6.07, 6.45) is 9.34. The summed E-state index contributed by atoms with van der Waals surface area (Å²) in [6, 6.07) is 0. The van der Waals surface area contributed by atoms with E-state index in [1.807, 2.05) is 11.8 Å². The van der Waals surface area contributed by atoms with Gasteiger partial charge in [0.2, 0.25) is 0 Å². The van der Waals surface area contributed by atoms with Gasteiger partial charge in [-0.2, -0.15) is 11.8 Å². The van der Waals surface area contributed by atoms with E-state index in [1.165, 1.54) is 50.9 Å². The molecule has 3 unspecified atom stereocenters. The van der Waals surface area contributed by atoms with E-state index in [1.54, 1.807) is 0 Å². The molecule has 1 aliphatic rings. The van der Waals surface area contributed by atoms with Gasteiger partial charge in [0.1, 0.15) is 0 Å². The Morgan fingerprint density at radius 3 is 2.61 bits per heavy atom. The van der Waals surface area contributed by atoms with Gasteiger partial charge in [-0.25, -0.2) is 0 Å². The van der Waals surface area contributed by atoms with Crippen molar-refractivity contribution in [3.8, 4) is 0 Å². The van der Waals surface area contributed by atoms with Crippen LogP contribution in [0, 0.1) is 23.7 Å². The SMILES string of the molecule is CCCNCC1CCC(C(C)C)CC1CCSC. The van der Waals surface area contributed by atoms with Crippen LogP contribution in [0.25, 0.3) is 0 Å². The summed E-state index contributed by atoms with van der Waals surface area (Å²) < 4.78 is 0. The van der Waals surface area contributed by atoms with E-state index in [4.69, 9.17) is 0 Å². The largest absolute Gasteiger partial charge is 0.316 e. The highest BCUT2D eigenvalue weighted by Gasteiger charge is 2.30. The van der Waals surface area contributed by atoms with Crippen LogP contribution < -0.4 is 5.32 Å². The lowest BCUT2D eigenvalue weighted by Crippen LogP contribution is -2.35. The summed E-state index contributed by atoms with van der Waals surface area (Å²) in [5.41, 5.74) is 0. The normalized spacial score (nSPS) is 28.8. The number of nitrogens with one attached hydrogen (secondary N) is 1. The molecule has 0 aromatic heterocycles. The summed E-state index contributed by atoms with van der Waals surface area (Å²) >= 11 is 2.01. The summed E-state index contributed by atoms with van der Waals surface area (Å²) in [7, 11) is 0. The molecule has 0 amide bonds. The molecule has 1 rings (SSSR count). The Hall–Kier alpha value is 0.310. The second-order valence-electron chi connectivity index (χ2n) is 6.32. The average Bonchev–Trinajstić information content (AvgIpc) is 2.37. The van der Waals surface area contributed by atoms with E-state index < -0.39 is 0 Å². The van der Waals surface area contributed by atoms with Gasteiger partial charge < -0.3 is 5.32 Å². The number of thioether (sulfide) groups is 1. The Kier molecular flexibility index (Phi) is 8.41. The van der Waals surface area contributed by atoms with Crippen molar-refractivity contribution in [1.29, 1.82) is 0 Å². The first-order valence-corrected chi connectivity index (χ1v) is 9.28. The first-order valence-electron chi connectivity index (χ1n) is 7.88. The molecule has 0 radical (unpaired) electrons. The fourth-order valence-corrected chi connectivity index (χ4v) is 3.86. The molecule has 1 N–H and O–H groups in total. The van der Waals surface area contributed by atoms with Crippen molar-refractivity contribution in [3.63, 3.8) is 0 Å². The molecule has 0 aromatic carbocycles. The maximum atomic E-state index is 3.65. The van der Waals surface area contributed by atoms with Crippen molar-refractivity contribution >= 4 is 11.8 Å². The van der Waals surface area contributed by atoms with Crippen LogP contribution in [-0.4, -0.2) is 25.1 Å². The quantitative estimate of drug-likeness (QED) is 0.656. The van der Waals surface area contributed by atoms with Crippen LogP contribution in [-0.2, 0) is 0 Å². The third-order valence-electron chi connectivity index (χ3n) is 4.65. The van der Waals surface area contributed by atoms with Gasteiger partial charge >= 0.3 is 0 Å². The van der Waals surface area contributed by atoms with Gasteiger partial charge in [-0.15, -0.1) is 0 Å². The van der Waals surface area contributed by atoms with E-state index in [-0.39, 0.29) is 0 Å². The Labute approximate surface area is 119 Å². The molecule has 1 nitrogen and oxygen atoms in total. The lowest BCUT2D eigenvalue weighted by Gasteiger charge is -2.38. The third-order valence-corrected chi connectivity index (χ3v) is 5.29. The molecule has 1 saturated carbocycles. The molecule has 0 bridgehead atoms. The Morgan fingerprint density at radius 1 is 1.22 bits per heavy atom. The van der Waals surface area contributed by atoms with Crippen molar-refractivity contribution < 1.29 is 0 Å². The van der Waals surface area contributed by atoms with Crippen LogP contribution >= 0.6 is 11.8 Å². The van der Waals surface area contributed by atoms with E-state index in [9.17, 15) is 0 Å². The molecule has 0 heterocycles. The van der Waals surface area contributed by atoms with Gasteiger partial charge in [0.15, 0.2) is 0 Å². The zero-order chi connectivity index (χ0) is 13.4. The van der Waals surface area contributed by atoms with Crippen LogP contribution in [0.4, 0.5) is 0 Å². The molecule has 0 aromatic rings. The topological polar surface area (TPSA) is 12.0 Å². The fraction of sp³-hybridized carbons (Fsp3) is 1.00. The minimum absolute atomic E-state index is 0.881. The first-order chi connectivity index (χ1) is 8.69. The predicted octanol–water partition coefficient (Wildman–Crippen LogP) is 4.43. The standard InChI is InChI=1S/C16H33NS/c1-5-9-17-12-16-7-6-14(13(2)3)11-15(16)8-10-18-4/h13-17H,5-12H2,1-4H3. The molecule has 1 aliphatic carbocycles. The lowest BCUT2D eigenvalue weighted by molar-refractivity contribution is 0.142. The number of hydrogen-bond acceptors (Lipinski definition) is 2. The molecular weight excluding hydrogens is 238 g/mol. The zero-order valence-corrected chi connectivity index (χ0v) is 13.7.